The summed E-state index contributed by atoms with van der Waals surface area (Å²) in [7, 11) is 1.40. The number of nitrogens with zero attached hydrogens (tertiary/aromatic N) is 3. The van der Waals surface area contributed by atoms with Gasteiger partial charge in [0, 0.05) is 48.6 Å². The zero-order valence-electron chi connectivity index (χ0n) is 28.4. The Morgan fingerprint density at radius 2 is 1.74 bits per heavy atom. The lowest BCUT2D eigenvalue weighted by molar-refractivity contribution is -0.172. The normalized spacial score (nSPS) is 16.8. The molecular formula is C35H34F8N4O7. The molecule has 1 saturated carbocycles. The van der Waals surface area contributed by atoms with Crippen LogP contribution >= 0.6 is 0 Å². The summed E-state index contributed by atoms with van der Waals surface area (Å²) < 4.78 is 121. The first kappa shape index (κ1) is 40.3. The van der Waals surface area contributed by atoms with Gasteiger partial charge in [0.15, 0.2) is 11.6 Å². The Hall–Kier alpha value is -4.85. The molecule has 1 atom stereocenters. The maximum absolute atomic E-state index is 15.4. The average molecular weight is 775 g/mol. The van der Waals surface area contributed by atoms with E-state index in [0.29, 0.717) is 30.8 Å². The molecule has 1 aliphatic carbocycles. The molecule has 2 heterocycles. The van der Waals surface area contributed by atoms with E-state index in [1.165, 1.54) is 12.1 Å². The van der Waals surface area contributed by atoms with Crippen LogP contribution in [0.2, 0.25) is 0 Å². The lowest BCUT2D eigenvalue weighted by Gasteiger charge is -2.54. The molecule has 11 nitrogen and oxygen atoms in total. The molecule has 2 aliphatic rings. The summed E-state index contributed by atoms with van der Waals surface area (Å²) >= 11 is 0. The summed E-state index contributed by atoms with van der Waals surface area (Å²) in [4.78, 5) is 31.0. The van der Waals surface area contributed by atoms with E-state index < -0.39 is 94.5 Å². The van der Waals surface area contributed by atoms with Gasteiger partial charge in [-0.1, -0.05) is 12.1 Å². The fourth-order valence-electron chi connectivity index (χ4n) is 5.99. The Balaban J connectivity index is 1.40. The number of hydrogen-bond acceptors (Lipinski definition) is 9. The number of hydrogen-bond donors (Lipinski definition) is 4. The molecule has 2 aromatic carbocycles. The van der Waals surface area contributed by atoms with Crippen molar-refractivity contribution in [3.05, 3.63) is 88.4 Å². The van der Waals surface area contributed by atoms with Gasteiger partial charge in [-0.15, -0.1) is 0 Å². The number of likely N-dealkylation sites (N-methyl/N-ethyl adjacent to an activating group) is 1. The van der Waals surface area contributed by atoms with E-state index in [0.717, 1.165) is 29.3 Å². The molecular weight excluding hydrogens is 740 g/mol. The van der Waals surface area contributed by atoms with E-state index in [1.807, 2.05) is 0 Å². The number of ether oxygens (including phenoxy) is 2. The molecule has 292 valence electrons. The Labute approximate surface area is 302 Å². The smallest absolute Gasteiger partial charge is 0.433 e. The number of halogens is 8. The number of aliphatic hydroxyl groups excluding tert-OH is 3. The standard InChI is InChI=1S/C35H34F8N4O7/c1-46-33(10-2-11-33)30(50)27(32(52)47(46)16-20-4-8-25(29(37)28(20)36)54-13-3-12-53-18-22(49)17-48)31(51)45-24-7-6-21(34(38,39)40)14-23(24)19-5-9-26(44-15-19)35(41,42)43/h4-9,14-15,22,48-50H,2-3,10-13,16-18H2,1H3,(H,45,51)/t22-/m1/s1. The maximum atomic E-state index is 15.4. The fraction of sp³-hybridized carbons (Fsp3) is 0.400. The van der Waals surface area contributed by atoms with Crippen molar-refractivity contribution in [3.63, 3.8) is 0 Å². The number of nitrogens with one attached hydrogen (secondary N) is 1. The second kappa shape index (κ2) is 15.9. The molecule has 19 heteroatoms. The summed E-state index contributed by atoms with van der Waals surface area (Å²) in [5.41, 5.74) is -6.03. The van der Waals surface area contributed by atoms with Crippen LogP contribution in [0.25, 0.3) is 11.1 Å². The van der Waals surface area contributed by atoms with Gasteiger partial charge in [0.25, 0.3) is 11.8 Å². The predicted molar refractivity (Wildman–Crippen MR) is 173 cm³/mol. The molecule has 4 N–H and O–H groups in total. The molecule has 2 amide bonds. The molecule has 0 bridgehead atoms. The van der Waals surface area contributed by atoms with Gasteiger partial charge in [0.2, 0.25) is 5.82 Å². The van der Waals surface area contributed by atoms with Crippen LogP contribution in [0.1, 0.15) is 42.5 Å². The minimum absolute atomic E-state index is 0.0904. The molecule has 1 fully saturated rings. The average Bonchev–Trinajstić information content (AvgIpc) is 3.09. The predicted octanol–water partition coefficient (Wildman–Crippen LogP) is 5.77. The number of rotatable bonds is 13. The minimum Gasteiger partial charge on any atom is -0.509 e. The molecule has 3 aromatic rings. The van der Waals surface area contributed by atoms with E-state index in [-0.39, 0.29) is 55.9 Å². The summed E-state index contributed by atoms with van der Waals surface area (Å²) in [5, 5.41) is 33.9. The van der Waals surface area contributed by atoms with Crippen LogP contribution in [0.3, 0.4) is 0 Å². The van der Waals surface area contributed by atoms with Gasteiger partial charge in [-0.2, -0.15) is 30.7 Å². The second-order valence-electron chi connectivity index (χ2n) is 12.6. The maximum Gasteiger partial charge on any atom is 0.433 e. The van der Waals surface area contributed by atoms with Crippen LogP contribution < -0.4 is 10.1 Å². The van der Waals surface area contributed by atoms with Crippen molar-refractivity contribution >= 4 is 17.5 Å². The fourth-order valence-corrected chi connectivity index (χ4v) is 5.99. The third kappa shape index (κ3) is 8.28. The number of aliphatic hydroxyl groups is 3. The van der Waals surface area contributed by atoms with Crippen molar-refractivity contribution in [3.8, 4) is 16.9 Å². The van der Waals surface area contributed by atoms with E-state index in [9.17, 15) is 46.1 Å². The van der Waals surface area contributed by atoms with Gasteiger partial charge in [-0.3, -0.25) is 19.6 Å². The van der Waals surface area contributed by atoms with Gasteiger partial charge in [0.1, 0.15) is 23.1 Å². The highest BCUT2D eigenvalue weighted by atomic mass is 19.4. The van der Waals surface area contributed by atoms with Gasteiger partial charge in [-0.25, -0.2) is 9.40 Å². The quantitative estimate of drug-likeness (QED) is 0.0968. The number of benzene rings is 2. The van der Waals surface area contributed by atoms with Crippen LogP contribution in [0, 0.1) is 11.6 Å². The molecule has 0 saturated heterocycles. The zero-order valence-corrected chi connectivity index (χ0v) is 28.4. The Morgan fingerprint density at radius 1 is 1.02 bits per heavy atom. The first-order valence-electron chi connectivity index (χ1n) is 16.4. The Bertz CT molecular complexity index is 1900. The number of carbonyl (C=O) groups excluding carboxylic acids is 2. The number of amides is 2. The molecule has 0 unspecified atom stereocenters. The molecule has 54 heavy (non-hydrogen) atoms. The van der Waals surface area contributed by atoms with E-state index in [4.69, 9.17) is 14.6 Å². The van der Waals surface area contributed by atoms with Crippen LogP contribution in [0.5, 0.6) is 5.75 Å². The van der Waals surface area contributed by atoms with Crippen LogP contribution in [-0.2, 0) is 33.2 Å². The highest BCUT2D eigenvalue weighted by Crippen LogP contribution is 2.47. The summed E-state index contributed by atoms with van der Waals surface area (Å²) in [6.07, 6.45) is -8.91. The van der Waals surface area contributed by atoms with Crippen LogP contribution in [0.15, 0.2) is 60.0 Å². The van der Waals surface area contributed by atoms with Gasteiger partial charge in [0.05, 0.1) is 37.5 Å². The van der Waals surface area contributed by atoms with E-state index in [2.05, 4.69) is 10.3 Å². The highest BCUT2D eigenvalue weighted by molar-refractivity contribution is 6.24. The Kier molecular flexibility index (Phi) is 11.8. The molecule has 1 aromatic heterocycles. The first-order chi connectivity index (χ1) is 25.4. The molecule has 0 radical (unpaired) electrons. The topological polar surface area (TPSA) is 145 Å². The lowest BCUT2D eigenvalue weighted by Crippen LogP contribution is -2.65. The lowest BCUT2D eigenvalue weighted by atomic mass is 9.72. The van der Waals surface area contributed by atoms with Crippen molar-refractivity contribution in [1.82, 2.24) is 15.0 Å². The number of anilines is 1. The van der Waals surface area contributed by atoms with Crippen LogP contribution in [-0.4, -0.2) is 87.3 Å². The van der Waals surface area contributed by atoms with E-state index in [1.54, 1.807) is 0 Å². The third-order valence-electron chi connectivity index (χ3n) is 9.13. The molecule has 5 rings (SSSR count). The highest BCUT2D eigenvalue weighted by Gasteiger charge is 2.55. The summed E-state index contributed by atoms with van der Waals surface area (Å²) in [6.45, 7) is -1.26. The second-order valence-corrected chi connectivity index (χ2v) is 12.6. The van der Waals surface area contributed by atoms with Crippen molar-refractivity contribution in [2.75, 3.05) is 38.8 Å². The SMILES string of the molecule is CN1N(Cc2ccc(OCCCOC[C@H](O)CO)c(F)c2F)C(=O)C(C(=O)Nc2ccc(C(F)(F)F)cc2-c2ccc(C(F)(F)F)nc2)=C(O)C12CCC2. The molecule has 1 spiro atoms. The first-order valence-corrected chi connectivity index (χ1v) is 16.4. The van der Waals surface area contributed by atoms with Crippen molar-refractivity contribution < 1.29 is 69.5 Å². The number of aromatic nitrogens is 1. The number of hydrazine groups is 1. The number of alkyl halides is 6. The van der Waals surface area contributed by atoms with Crippen molar-refractivity contribution in [2.45, 2.75) is 56.2 Å². The minimum atomic E-state index is -4.89. The van der Waals surface area contributed by atoms with Gasteiger partial charge < -0.3 is 30.1 Å². The van der Waals surface area contributed by atoms with Crippen molar-refractivity contribution in [1.29, 1.82) is 0 Å². The van der Waals surface area contributed by atoms with Crippen LogP contribution in [0.4, 0.5) is 40.8 Å². The van der Waals surface area contributed by atoms with Crippen molar-refractivity contribution in [2.24, 2.45) is 0 Å². The van der Waals surface area contributed by atoms with Gasteiger partial charge in [-0.05, 0) is 49.6 Å². The number of carbonyl (C=O) groups is 2. The third-order valence-corrected chi connectivity index (χ3v) is 9.13. The molecule has 1 aliphatic heterocycles. The summed E-state index contributed by atoms with van der Waals surface area (Å²) in [5.74, 6) is -6.31. The van der Waals surface area contributed by atoms with E-state index >= 15 is 8.78 Å². The monoisotopic (exact) mass is 774 g/mol. The zero-order chi connectivity index (χ0) is 39.6. The largest absolute Gasteiger partial charge is 0.509 e. The Morgan fingerprint density at radius 3 is 2.33 bits per heavy atom. The number of pyridine rings is 1. The summed E-state index contributed by atoms with van der Waals surface area (Å²) in [6, 6.07) is 5.69. The van der Waals surface area contributed by atoms with Gasteiger partial charge >= 0.3 is 12.4 Å².